The van der Waals surface area contributed by atoms with Gasteiger partial charge >= 0.3 is 0 Å². The molecule has 3 amide bonds. The number of anilines is 1. The maximum atomic E-state index is 13.9. The quantitative estimate of drug-likeness (QED) is 0.622. The van der Waals surface area contributed by atoms with E-state index in [-0.39, 0.29) is 0 Å². The lowest BCUT2D eigenvalue weighted by Gasteiger charge is -2.29. The summed E-state index contributed by atoms with van der Waals surface area (Å²) in [5.74, 6) is -5.95. The number of hydrogen-bond donors (Lipinski definition) is 2. The normalized spacial score (nSPS) is 46.4. The molecule has 2 aromatic carbocycles. The van der Waals surface area contributed by atoms with E-state index in [4.69, 9.17) is 35.6 Å². The fourth-order valence-electron chi connectivity index (χ4n) is 2.64. The fourth-order valence-corrected chi connectivity index (χ4v) is 2.64. The molecule has 0 aromatic heterocycles. The summed E-state index contributed by atoms with van der Waals surface area (Å²) in [6, 6.07) is -14.3. The van der Waals surface area contributed by atoms with Crippen LogP contribution in [-0.4, -0.2) is 59.7 Å². The number of hydrogen-bond acceptors (Lipinski definition) is 6. The van der Waals surface area contributed by atoms with Crippen molar-refractivity contribution < 1.29 is 54.8 Å². The average molecular weight is 475 g/mol. The SMILES string of the molecule is [2H]c1c([2H])c(NC([2H])([2H])c2c([2H])c([2H])c(C([2H])([2H])N3C([2H])([2H])C([2H])([2H])OC([2H])([2H])C3([2H])[2H])c([2H])c2[2H])c2c(c1[2H])C(=O)N(C1([2H])C(=O)NC(=O)C([2H])([2H])C1([2H])[2H])C2([2H])[2H]. The van der Waals surface area contributed by atoms with Crippen LogP contribution in [0.1, 0.15) is 75.4 Å². The van der Waals surface area contributed by atoms with Crippen LogP contribution in [0.2, 0.25) is 0 Å². The fraction of sp³-hybridized carbons (Fsp3) is 0.400. The van der Waals surface area contributed by atoms with Crippen molar-refractivity contribution in [2.24, 2.45) is 0 Å². The van der Waals surface area contributed by atoms with Gasteiger partial charge in [-0.3, -0.25) is 24.6 Å². The largest absolute Gasteiger partial charge is 0.381 e. The number of amides is 3. The summed E-state index contributed by atoms with van der Waals surface area (Å²) >= 11 is 0. The van der Waals surface area contributed by atoms with Crippen molar-refractivity contribution in [3.05, 3.63) is 64.6 Å². The monoisotopic (exact) mass is 474 g/mol. The van der Waals surface area contributed by atoms with Crippen LogP contribution in [0.15, 0.2) is 42.3 Å². The second-order valence-corrected chi connectivity index (χ2v) is 6.11. The molecule has 0 aliphatic carbocycles. The van der Waals surface area contributed by atoms with Crippen molar-refractivity contribution in [2.45, 2.75) is 38.3 Å². The van der Waals surface area contributed by atoms with E-state index in [0.717, 1.165) is 0 Å². The zero-order valence-corrected chi connectivity index (χ0v) is 16.0. The molecule has 3 aliphatic heterocycles. The van der Waals surface area contributed by atoms with Gasteiger partial charge in [-0.15, -0.1) is 0 Å². The highest BCUT2D eigenvalue weighted by Gasteiger charge is 2.39. The molecule has 3 aliphatic rings. The first-order valence-corrected chi connectivity index (χ1v) is 8.86. The van der Waals surface area contributed by atoms with Crippen molar-refractivity contribution in [3.8, 4) is 0 Å². The highest BCUT2D eigenvalue weighted by Crippen LogP contribution is 2.32. The Labute approximate surface area is 229 Å². The van der Waals surface area contributed by atoms with E-state index in [2.05, 4.69) is 4.74 Å². The van der Waals surface area contributed by atoms with E-state index in [9.17, 15) is 14.4 Å². The number of morpholine rings is 1. The van der Waals surface area contributed by atoms with Crippen LogP contribution < -0.4 is 10.6 Å². The van der Waals surface area contributed by atoms with Gasteiger partial charge in [0.15, 0.2) is 0 Å². The van der Waals surface area contributed by atoms with Crippen LogP contribution in [0, 0.1) is 0 Å². The Bertz CT molecular complexity index is 2190. The Hall–Kier alpha value is -3.23. The molecule has 0 radical (unpaired) electrons. The summed E-state index contributed by atoms with van der Waals surface area (Å²) in [5, 5.41) is 3.17. The molecule has 0 spiro atoms. The summed E-state index contributed by atoms with van der Waals surface area (Å²) < 4.78 is 222. The summed E-state index contributed by atoms with van der Waals surface area (Å²) in [6.45, 7) is -27.3. The molecule has 8 nitrogen and oxygen atoms in total. The molecule has 2 N–H and O–H groups in total. The van der Waals surface area contributed by atoms with Crippen LogP contribution in [-0.2, 0) is 33.8 Å². The second-order valence-electron chi connectivity index (χ2n) is 6.11. The number of benzene rings is 2. The molecule has 2 aromatic rings. The molecule has 2 saturated heterocycles. The van der Waals surface area contributed by atoms with Crippen molar-refractivity contribution in [2.75, 3.05) is 31.4 Å². The van der Waals surface area contributed by atoms with Crippen LogP contribution in [0.25, 0.3) is 0 Å². The van der Waals surface area contributed by atoms with Gasteiger partial charge in [-0.25, -0.2) is 0 Å². The minimum Gasteiger partial charge on any atom is -0.381 e. The average Bonchev–Trinajstić information content (AvgIpc) is 3.26. The van der Waals surface area contributed by atoms with Crippen molar-refractivity contribution in [1.29, 1.82) is 0 Å². The van der Waals surface area contributed by atoms with Crippen molar-refractivity contribution >= 4 is 23.4 Å². The number of fused-ring (bicyclic) bond motifs is 1. The number of carbonyl (C=O) groups is 3. The first-order chi connectivity index (χ1) is 26.1. The van der Waals surface area contributed by atoms with Gasteiger partial charge in [0.05, 0.1) is 35.1 Å². The van der Waals surface area contributed by atoms with Gasteiger partial charge in [0.1, 0.15) is 6.02 Å². The van der Waals surface area contributed by atoms with E-state index in [0.29, 0.717) is 0 Å². The zero-order chi connectivity index (χ0) is 45.9. The van der Waals surface area contributed by atoms with Gasteiger partial charge in [-0.2, -0.15) is 0 Å². The first-order valence-electron chi connectivity index (χ1n) is 21.9. The number of imide groups is 1. The predicted octanol–water partition coefficient (Wildman–Crippen LogP) is 1.89. The molecule has 2 fully saturated rings. The highest BCUT2D eigenvalue weighted by molar-refractivity contribution is 6.06. The minimum atomic E-state index is -4.09. The van der Waals surface area contributed by atoms with Crippen LogP contribution >= 0.6 is 0 Å². The minimum absolute atomic E-state index is 0.526. The lowest BCUT2D eigenvalue weighted by atomic mass is 10.0. The smallest absolute Gasteiger partial charge is 0.255 e. The van der Waals surface area contributed by atoms with Crippen LogP contribution in [0.5, 0.6) is 0 Å². The van der Waals surface area contributed by atoms with Gasteiger partial charge in [0.25, 0.3) is 5.91 Å². The summed E-state index contributed by atoms with van der Waals surface area (Å²) in [5.41, 5.74) is -7.00. The van der Waals surface area contributed by atoms with E-state index in [1.807, 2.05) is 5.32 Å². The van der Waals surface area contributed by atoms with Crippen molar-refractivity contribution in [3.63, 3.8) is 0 Å². The van der Waals surface area contributed by atoms with E-state index in [1.54, 1.807) is 0 Å². The molecular formula is C25H28N4O4. The first kappa shape index (κ1) is 6.90. The molecular weight excluding hydrogens is 420 g/mol. The van der Waals surface area contributed by atoms with Gasteiger partial charge < -0.3 is 15.0 Å². The lowest BCUT2D eigenvalue weighted by molar-refractivity contribution is -0.136. The van der Waals surface area contributed by atoms with E-state index >= 15 is 0 Å². The molecule has 172 valence electrons. The van der Waals surface area contributed by atoms with Gasteiger partial charge in [-0.1, -0.05) is 30.2 Å². The number of ether oxygens (including phenoxy) is 1. The third-order valence-electron chi connectivity index (χ3n) is 4.05. The maximum absolute atomic E-state index is 13.9. The maximum Gasteiger partial charge on any atom is 0.255 e. The van der Waals surface area contributed by atoms with Crippen LogP contribution in [0.4, 0.5) is 5.69 Å². The predicted molar refractivity (Wildman–Crippen MR) is 122 cm³/mol. The molecule has 3 heterocycles. The van der Waals surface area contributed by atoms with Crippen molar-refractivity contribution in [1.82, 2.24) is 15.1 Å². The molecule has 33 heavy (non-hydrogen) atoms. The number of carbonyl (C=O) groups excluding carboxylic acids is 3. The standard InChI is InChI=1S/C25H28N4O4/c30-23-9-8-22(24(31)27-23)29-16-20-19(25(29)32)2-1-3-21(20)26-14-17-4-6-18(7-5-17)15-28-10-12-33-13-11-28/h1-7,22,26H,8-16H2,(H,27,30,31)/i1D,2D,3D,4D,5D,6D,7D,8D2,9D2,10D2,11D2,12D2,13D2,14D2,15D2,16D2,22D. The molecule has 0 saturated carbocycles. The lowest BCUT2D eigenvalue weighted by Crippen LogP contribution is -2.52. The Morgan fingerprint density at radius 1 is 1.15 bits per heavy atom. The molecule has 5 rings (SSSR count). The topological polar surface area (TPSA) is 91.0 Å². The van der Waals surface area contributed by atoms with Gasteiger partial charge in [0.2, 0.25) is 11.8 Å². The molecule has 1 unspecified atom stereocenters. The zero-order valence-electron chi connectivity index (χ0n) is 42.0. The third-order valence-corrected chi connectivity index (χ3v) is 4.05. The number of piperidine rings is 1. The van der Waals surface area contributed by atoms with E-state index < -0.39 is 162 Å². The van der Waals surface area contributed by atoms with Crippen LogP contribution in [0.3, 0.4) is 0 Å². The Morgan fingerprint density at radius 3 is 2.70 bits per heavy atom. The summed E-state index contributed by atoms with van der Waals surface area (Å²) in [4.78, 5) is 38.1. The number of nitrogens with one attached hydrogen (secondary N) is 2. The summed E-state index contributed by atoms with van der Waals surface area (Å²) in [7, 11) is 0. The second kappa shape index (κ2) is 9.33. The highest BCUT2D eigenvalue weighted by atomic mass is 16.5. The Kier molecular flexibility index (Phi) is 1.95. The Balaban J connectivity index is 1.73. The number of nitrogens with zero attached hydrogens (tertiary/aromatic N) is 2. The number of rotatable bonds is 6. The Morgan fingerprint density at radius 2 is 1.91 bits per heavy atom. The molecule has 8 heteroatoms. The van der Waals surface area contributed by atoms with Gasteiger partial charge in [-0.05, 0) is 29.6 Å². The third kappa shape index (κ3) is 4.62. The van der Waals surface area contributed by atoms with E-state index in [1.165, 1.54) is 5.32 Å². The van der Waals surface area contributed by atoms with Gasteiger partial charge in [0, 0.05) is 69.4 Å². The summed E-state index contributed by atoms with van der Waals surface area (Å²) in [6.07, 6.45) is -7.91. The molecule has 0 bridgehead atoms. The molecule has 1 atom stereocenters.